The minimum absolute atomic E-state index is 0.0727. The predicted molar refractivity (Wildman–Crippen MR) is 199 cm³/mol. The lowest BCUT2D eigenvalue weighted by molar-refractivity contribution is 0.0925. The molecule has 2 saturated heterocycles. The molecule has 2 aliphatic rings. The Hall–Kier alpha value is -4.99. The number of benzene rings is 3. The number of halogens is 2. The van der Waals surface area contributed by atoms with Gasteiger partial charge in [-0.25, -0.2) is 18.7 Å². The smallest absolute Gasteiger partial charge is 0.176 e. The van der Waals surface area contributed by atoms with E-state index in [2.05, 4.69) is 55.3 Å². The summed E-state index contributed by atoms with van der Waals surface area (Å²) in [5.74, 6) is -0.251. The third-order valence-corrected chi connectivity index (χ3v) is 9.84. The zero-order chi connectivity index (χ0) is 35.6. The molecule has 5 aromatic rings. The van der Waals surface area contributed by atoms with Gasteiger partial charge in [0.05, 0.1) is 55.1 Å². The molecule has 7 rings (SSSR count). The van der Waals surface area contributed by atoms with Crippen molar-refractivity contribution in [3.05, 3.63) is 155 Å². The van der Waals surface area contributed by atoms with Gasteiger partial charge < -0.3 is 14.5 Å². The molecular formula is C42H46F2N6O. The molecule has 0 bridgehead atoms. The monoisotopic (exact) mass is 688 g/mol. The van der Waals surface area contributed by atoms with Crippen molar-refractivity contribution >= 4 is 17.9 Å². The molecule has 0 aliphatic carbocycles. The van der Waals surface area contributed by atoms with Crippen molar-refractivity contribution in [2.24, 2.45) is 0 Å². The Labute approximate surface area is 299 Å². The van der Waals surface area contributed by atoms with Gasteiger partial charge in [0.1, 0.15) is 11.6 Å². The van der Waals surface area contributed by atoms with E-state index in [1.807, 2.05) is 79.6 Å². The number of imidazole rings is 2. The van der Waals surface area contributed by atoms with Crippen LogP contribution >= 0.6 is 0 Å². The van der Waals surface area contributed by atoms with Gasteiger partial charge in [0.15, 0.2) is 5.78 Å². The minimum atomic E-state index is -0.226. The summed E-state index contributed by atoms with van der Waals surface area (Å²) in [5.41, 5.74) is 7.90. The third kappa shape index (κ3) is 9.62. The van der Waals surface area contributed by atoms with Gasteiger partial charge in [0.25, 0.3) is 0 Å². The van der Waals surface area contributed by atoms with Crippen LogP contribution in [-0.2, 0) is 0 Å². The maximum Gasteiger partial charge on any atom is 0.176 e. The fourth-order valence-electron chi connectivity index (χ4n) is 6.68. The summed E-state index contributed by atoms with van der Waals surface area (Å²) < 4.78 is 30.5. The summed E-state index contributed by atoms with van der Waals surface area (Å²) >= 11 is 0. The second kappa shape index (κ2) is 17.3. The highest BCUT2D eigenvalue weighted by atomic mass is 19.1. The van der Waals surface area contributed by atoms with Crippen molar-refractivity contribution in [1.82, 2.24) is 29.3 Å². The molecule has 2 atom stereocenters. The van der Waals surface area contributed by atoms with E-state index in [0.29, 0.717) is 6.54 Å². The van der Waals surface area contributed by atoms with Crippen molar-refractivity contribution in [3.63, 3.8) is 0 Å². The summed E-state index contributed by atoms with van der Waals surface area (Å²) in [7, 11) is 0. The number of carbonyl (C=O) groups is 1. The molecule has 51 heavy (non-hydrogen) atoms. The molecule has 0 radical (unpaired) electrons. The molecule has 0 saturated carbocycles. The Bertz CT molecular complexity index is 1910. The van der Waals surface area contributed by atoms with Crippen LogP contribution in [-0.4, -0.2) is 62.5 Å². The van der Waals surface area contributed by atoms with E-state index in [1.54, 1.807) is 0 Å². The van der Waals surface area contributed by atoms with Crippen molar-refractivity contribution in [3.8, 4) is 0 Å². The number of nitrogens with one attached hydrogen (secondary N) is 1. The first-order valence-electron chi connectivity index (χ1n) is 17.8. The number of carbonyl (C=O) groups excluding carboxylic acids is 1. The normalized spacial score (nSPS) is 16.2. The minimum Gasteiger partial charge on any atom is -0.324 e. The summed E-state index contributed by atoms with van der Waals surface area (Å²) in [6.45, 7) is 8.53. The Kier molecular flexibility index (Phi) is 12.1. The topological polar surface area (TPSA) is 68.0 Å². The van der Waals surface area contributed by atoms with Crippen LogP contribution in [0.25, 0.3) is 12.2 Å². The number of hydrogen-bond acceptors (Lipinski definition) is 5. The van der Waals surface area contributed by atoms with E-state index in [1.165, 1.54) is 35.4 Å². The molecule has 1 N–H and O–H groups in total. The van der Waals surface area contributed by atoms with Gasteiger partial charge in [0.2, 0.25) is 0 Å². The van der Waals surface area contributed by atoms with Gasteiger partial charge in [0, 0.05) is 18.7 Å². The van der Waals surface area contributed by atoms with Gasteiger partial charge in [-0.1, -0.05) is 65.7 Å². The van der Waals surface area contributed by atoms with Gasteiger partial charge in [-0.2, -0.15) is 0 Å². The zero-order valence-corrected chi connectivity index (χ0v) is 29.4. The molecule has 264 valence electrons. The molecule has 9 heteroatoms. The highest BCUT2D eigenvalue weighted by Crippen LogP contribution is 2.25. The van der Waals surface area contributed by atoms with E-state index in [9.17, 15) is 13.6 Å². The number of ketones is 1. The summed E-state index contributed by atoms with van der Waals surface area (Å²) in [6, 6.07) is 23.0. The van der Waals surface area contributed by atoms with Crippen LogP contribution in [0.1, 0.15) is 84.5 Å². The van der Waals surface area contributed by atoms with Crippen LogP contribution in [0.3, 0.4) is 0 Å². The fraction of sp³-hybridized carbons (Fsp3) is 0.310. The molecule has 2 aliphatic heterocycles. The summed E-state index contributed by atoms with van der Waals surface area (Å²) in [5, 5.41) is 3.36. The number of rotatable bonds is 9. The first-order valence-corrected chi connectivity index (χ1v) is 17.8. The number of aromatic nitrogens is 4. The quantitative estimate of drug-likeness (QED) is 0.158. The Morgan fingerprint density at radius 3 is 1.67 bits per heavy atom. The zero-order valence-electron chi connectivity index (χ0n) is 29.4. The number of hydrogen-bond donors (Lipinski definition) is 1. The van der Waals surface area contributed by atoms with Crippen molar-refractivity contribution in [1.29, 1.82) is 0 Å². The second-order valence-corrected chi connectivity index (χ2v) is 13.3. The third-order valence-electron chi connectivity index (χ3n) is 9.84. The first kappa shape index (κ1) is 35.8. The highest BCUT2D eigenvalue weighted by Gasteiger charge is 2.19. The second-order valence-electron chi connectivity index (χ2n) is 13.3. The van der Waals surface area contributed by atoms with Gasteiger partial charge in [-0.15, -0.1) is 0 Å². The van der Waals surface area contributed by atoms with Crippen molar-refractivity contribution in [2.75, 3.05) is 32.7 Å². The summed E-state index contributed by atoms with van der Waals surface area (Å²) in [6.07, 6.45) is 16.0. The molecule has 4 heterocycles. The first-order chi connectivity index (χ1) is 24.8. The lowest BCUT2D eigenvalue weighted by atomic mass is 10.0. The Morgan fingerprint density at radius 1 is 0.706 bits per heavy atom. The lowest BCUT2D eigenvalue weighted by Gasteiger charge is -2.28. The van der Waals surface area contributed by atoms with Crippen LogP contribution in [0.2, 0.25) is 0 Å². The number of nitrogens with zero attached hydrogens (tertiary/aromatic N) is 5. The molecule has 3 aromatic carbocycles. The molecular weight excluding hydrogens is 642 g/mol. The van der Waals surface area contributed by atoms with Crippen molar-refractivity contribution < 1.29 is 13.6 Å². The van der Waals surface area contributed by atoms with Crippen LogP contribution in [0, 0.1) is 11.6 Å². The van der Waals surface area contributed by atoms with Crippen LogP contribution in [0.5, 0.6) is 0 Å². The van der Waals surface area contributed by atoms with E-state index in [4.69, 9.17) is 0 Å². The van der Waals surface area contributed by atoms with Crippen LogP contribution in [0.4, 0.5) is 8.78 Å². The lowest BCUT2D eigenvalue weighted by Crippen LogP contribution is -2.35. The SMILES string of the molecule is C[C@H](c1ccc(F)cc1)n1cncc1C=C1CCN(CC(=O)c2ccccc2)CC1.C[C@H](c1ccc(F)cc1)n1cncc1C=C1CCNCC1. The largest absolute Gasteiger partial charge is 0.324 e. The molecule has 2 fully saturated rings. The van der Waals surface area contributed by atoms with E-state index >= 15 is 0 Å². The Balaban J connectivity index is 0.000000187. The standard InChI is InChI=1S/C25H26FN3O.C17H20FN3/c1-19(21-7-9-23(26)10-8-21)29-18-27-16-24(29)15-20-11-13-28(14-12-20)17-25(30)22-5-3-2-4-6-22;1-13(15-2-4-16(18)5-3-15)21-12-20-11-17(21)10-14-6-8-19-9-7-14/h2-10,15-16,18-19H,11-14,17H2,1H3;2-5,10-13,19H,6-9H2,1H3/t19-;13-/m11/s1. The molecule has 0 unspecified atom stereocenters. The van der Waals surface area contributed by atoms with Gasteiger partial charge in [-0.05, 0) is 100 Å². The van der Waals surface area contributed by atoms with E-state index in [0.717, 1.165) is 79.9 Å². The average molecular weight is 689 g/mol. The predicted octanol–water partition coefficient (Wildman–Crippen LogP) is 8.39. The van der Waals surface area contributed by atoms with E-state index < -0.39 is 0 Å². The molecule has 2 aromatic heterocycles. The fourth-order valence-corrected chi connectivity index (χ4v) is 6.68. The number of likely N-dealkylation sites (tertiary alicyclic amines) is 1. The van der Waals surface area contributed by atoms with Crippen LogP contribution in [0.15, 0.2) is 115 Å². The highest BCUT2D eigenvalue weighted by molar-refractivity contribution is 5.97. The van der Waals surface area contributed by atoms with Gasteiger partial charge in [-0.3, -0.25) is 9.69 Å². The average Bonchev–Trinajstić information content (AvgIpc) is 3.83. The van der Waals surface area contributed by atoms with Gasteiger partial charge >= 0.3 is 0 Å². The van der Waals surface area contributed by atoms with Crippen LogP contribution < -0.4 is 5.32 Å². The maximum absolute atomic E-state index is 13.2. The summed E-state index contributed by atoms with van der Waals surface area (Å²) in [4.78, 5) is 23.3. The molecule has 7 nitrogen and oxygen atoms in total. The molecule has 0 amide bonds. The van der Waals surface area contributed by atoms with E-state index in [-0.39, 0.29) is 29.5 Å². The number of piperidine rings is 2. The Morgan fingerprint density at radius 2 is 1.18 bits per heavy atom. The number of Topliss-reactive ketones (excluding diaryl/α,β-unsaturated/α-hetero) is 1. The van der Waals surface area contributed by atoms with Crippen molar-refractivity contribution in [2.45, 2.75) is 51.6 Å². The maximum atomic E-state index is 13.2. The molecule has 0 spiro atoms.